The number of pyridine rings is 1. The number of aromatic nitrogens is 1. The number of anilines is 1. The van der Waals surface area contributed by atoms with Gasteiger partial charge in [0.25, 0.3) is 0 Å². The molecule has 1 aliphatic heterocycles. The Morgan fingerprint density at radius 3 is 2.85 bits per heavy atom. The molecule has 0 aliphatic carbocycles. The van der Waals surface area contributed by atoms with Crippen LogP contribution < -0.4 is 5.32 Å². The van der Waals surface area contributed by atoms with Crippen LogP contribution in [0.4, 0.5) is 5.69 Å². The first-order chi connectivity index (χ1) is 12.5. The molecule has 1 N–H and O–H groups in total. The van der Waals surface area contributed by atoms with Crippen molar-refractivity contribution in [3.63, 3.8) is 0 Å². The summed E-state index contributed by atoms with van der Waals surface area (Å²) in [5.74, 6) is 0.596. The summed E-state index contributed by atoms with van der Waals surface area (Å²) in [6, 6.07) is 10.6. The number of hydrogen-bond donors (Lipinski definition) is 1. The highest BCUT2D eigenvalue weighted by molar-refractivity contribution is 9.10. The Morgan fingerprint density at radius 1 is 1.27 bits per heavy atom. The average Bonchev–Trinajstić information content (AvgIpc) is 2.91. The van der Waals surface area contributed by atoms with E-state index in [0.717, 1.165) is 27.5 Å². The first kappa shape index (κ1) is 16.7. The van der Waals surface area contributed by atoms with Crippen molar-refractivity contribution in [3.8, 4) is 0 Å². The Bertz CT molecular complexity index is 1100. The quantitative estimate of drug-likeness (QED) is 0.517. The van der Waals surface area contributed by atoms with Gasteiger partial charge in [0.05, 0.1) is 17.0 Å². The van der Waals surface area contributed by atoms with Crippen molar-refractivity contribution in [1.29, 1.82) is 0 Å². The van der Waals surface area contributed by atoms with E-state index in [1.54, 1.807) is 12.1 Å². The summed E-state index contributed by atoms with van der Waals surface area (Å²) >= 11 is 3.58. The van der Waals surface area contributed by atoms with Crippen molar-refractivity contribution < 1.29 is 9.59 Å². The zero-order chi connectivity index (χ0) is 18.4. The number of aldehydes is 1. The molecular formula is C20H16BrN3O2. The van der Waals surface area contributed by atoms with Gasteiger partial charge in [0.15, 0.2) is 0 Å². The minimum atomic E-state index is -0.587. The van der Waals surface area contributed by atoms with Gasteiger partial charge >= 0.3 is 0 Å². The lowest BCUT2D eigenvalue weighted by Gasteiger charge is -2.21. The molecule has 2 aromatic heterocycles. The van der Waals surface area contributed by atoms with E-state index in [1.807, 2.05) is 48.7 Å². The highest BCUT2D eigenvalue weighted by Gasteiger charge is 2.24. The number of ketones is 1. The van der Waals surface area contributed by atoms with Gasteiger partial charge in [-0.1, -0.05) is 6.07 Å². The van der Waals surface area contributed by atoms with Crippen LogP contribution in [0, 0.1) is 6.92 Å². The normalized spacial score (nSPS) is 16.0. The second-order valence-corrected chi connectivity index (χ2v) is 7.09. The summed E-state index contributed by atoms with van der Waals surface area (Å²) in [5, 5.41) is 3.14. The Kier molecular flexibility index (Phi) is 4.00. The fourth-order valence-electron chi connectivity index (χ4n) is 3.38. The summed E-state index contributed by atoms with van der Waals surface area (Å²) in [6.45, 7) is 3.73. The molecule has 3 heterocycles. The molecule has 6 heteroatoms. The fourth-order valence-corrected chi connectivity index (χ4v) is 3.89. The van der Waals surface area contributed by atoms with E-state index in [0.29, 0.717) is 22.7 Å². The third-order valence-electron chi connectivity index (χ3n) is 4.63. The molecule has 1 atom stereocenters. The van der Waals surface area contributed by atoms with Gasteiger partial charge in [-0.3, -0.25) is 9.79 Å². The number of nitrogens with one attached hydrogen (secondary N) is 1. The van der Waals surface area contributed by atoms with E-state index in [1.165, 1.54) is 0 Å². The Morgan fingerprint density at radius 2 is 2.08 bits per heavy atom. The summed E-state index contributed by atoms with van der Waals surface area (Å²) in [6.07, 6.45) is 2.67. The molecule has 130 valence electrons. The van der Waals surface area contributed by atoms with Gasteiger partial charge in [0, 0.05) is 27.5 Å². The van der Waals surface area contributed by atoms with Gasteiger partial charge in [0.1, 0.15) is 12.3 Å². The highest BCUT2D eigenvalue weighted by Crippen LogP contribution is 2.33. The standard InChI is InChI=1S/C20H16BrN3O2/c1-11-18(21)17-5-3-4-8-24(17)19(11)20(26)13-6-7-15-14(9-13)16(10-25)23-12(2)22-15/h3-10,16H,1-2H3,(H,22,23). The summed E-state index contributed by atoms with van der Waals surface area (Å²) in [5.41, 5.74) is 4.50. The average molecular weight is 410 g/mol. The third-order valence-corrected chi connectivity index (χ3v) is 5.64. The second-order valence-electron chi connectivity index (χ2n) is 6.30. The SMILES string of the molecule is CC1=NC(C=O)c2cc(C(=O)c3c(C)c(Br)c4ccccn34)ccc2N1. The molecule has 0 fully saturated rings. The van der Waals surface area contributed by atoms with Crippen LogP contribution in [0.2, 0.25) is 0 Å². The third kappa shape index (κ3) is 2.49. The van der Waals surface area contributed by atoms with Gasteiger partial charge in [-0.2, -0.15) is 0 Å². The van der Waals surface area contributed by atoms with Gasteiger partial charge in [-0.15, -0.1) is 0 Å². The van der Waals surface area contributed by atoms with Crippen LogP contribution in [0.15, 0.2) is 52.1 Å². The molecule has 0 bridgehead atoms. The molecule has 26 heavy (non-hydrogen) atoms. The van der Waals surface area contributed by atoms with Gasteiger partial charge < -0.3 is 14.5 Å². The molecule has 0 radical (unpaired) electrons. The van der Waals surface area contributed by atoms with E-state index in [2.05, 4.69) is 26.2 Å². The smallest absolute Gasteiger partial charge is 0.210 e. The number of hydrogen-bond acceptors (Lipinski definition) is 4. The Balaban J connectivity index is 1.85. The number of aliphatic imine (C=N–C) groups is 1. The Hall–Kier alpha value is -2.73. The predicted molar refractivity (Wildman–Crippen MR) is 105 cm³/mol. The van der Waals surface area contributed by atoms with Crippen molar-refractivity contribution in [2.24, 2.45) is 4.99 Å². The number of carbonyl (C=O) groups is 2. The predicted octanol–water partition coefficient (Wildman–Crippen LogP) is 4.33. The minimum Gasteiger partial charge on any atom is -0.344 e. The van der Waals surface area contributed by atoms with Crippen LogP contribution >= 0.6 is 15.9 Å². The van der Waals surface area contributed by atoms with E-state index < -0.39 is 6.04 Å². The largest absolute Gasteiger partial charge is 0.344 e. The molecule has 1 aliphatic rings. The van der Waals surface area contributed by atoms with Crippen molar-refractivity contribution in [3.05, 3.63) is 69.5 Å². The number of amidine groups is 1. The first-order valence-corrected chi connectivity index (χ1v) is 9.01. The van der Waals surface area contributed by atoms with Crippen molar-refractivity contribution in [2.45, 2.75) is 19.9 Å². The fraction of sp³-hybridized carbons (Fsp3) is 0.150. The van der Waals surface area contributed by atoms with Crippen LogP contribution in [-0.2, 0) is 4.79 Å². The monoisotopic (exact) mass is 409 g/mol. The van der Waals surface area contributed by atoms with Crippen LogP contribution in [0.25, 0.3) is 5.52 Å². The van der Waals surface area contributed by atoms with Crippen LogP contribution in [-0.4, -0.2) is 22.3 Å². The van der Waals surface area contributed by atoms with E-state index in [4.69, 9.17) is 0 Å². The number of nitrogens with zero attached hydrogens (tertiary/aromatic N) is 2. The Labute approximate surface area is 158 Å². The van der Waals surface area contributed by atoms with Crippen molar-refractivity contribution >= 4 is 45.0 Å². The molecule has 5 nitrogen and oxygen atoms in total. The number of rotatable bonds is 3. The number of carbonyl (C=O) groups excluding carboxylic acids is 2. The van der Waals surface area contributed by atoms with Gasteiger partial charge in [-0.25, -0.2) is 0 Å². The molecule has 0 saturated heterocycles. The minimum absolute atomic E-state index is 0.0897. The van der Waals surface area contributed by atoms with Crippen molar-refractivity contribution in [2.75, 3.05) is 5.32 Å². The lowest BCUT2D eigenvalue weighted by Crippen LogP contribution is -2.19. The molecule has 1 unspecified atom stereocenters. The maximum atomic E-state index is 13.3. The zero-order valence-electron chi connectivity index (χ0n) is 14.3. The van der Waals surface area contributed by atoms with Crippen LogP contribution in [0.1, 0.15) is 40.1 Å². The van der Waals surface area contributed by atoms with E-state index in [-0.39, 0.29) is 5.78 Å². The van der Waals surface area contributed by atoms with Crippen molar-refractivity contribution in [1.82, 2.24) is 4.40 Å². The number of fused-ring (bicyclic) bond motifs is 2. The molecular weight excluding hydrogens is 394 g/mol. The summed E-state index contributed by atoms with van der Waals surface area (Å²) in [7, 11) is 0. The molecule has 3 aromatic rings. The lowest BCUT2D eigenvalue weighted by atomic mass is 9.97. The van der Waals surface area contributed by atoms with E-state index in [9.17, 15) is 9.59 Å². The van der Waals surface area contributed by atoms with Crippen LogP contribution in [0.3, 0.4) is 0 Å². The molecule has 1 aromatic carbocycles. The van der Waals surface area contributed by atoms with Gasteiger partial charge in [0.2, 0.25) is 5.78 Å². The maximum absolute atomic E-state index is 13.3. The second kappa shape index (κ2) is 6.21. The van der Waals surface area contributed by atoms with Gasteiger partial charge in [-0.05, 0) is 65.7 Å². The number of benzene rings is 1. The lowest BCUT2D eigenvalue weighted by molar-refractivity contribution is -0.108. The van der Waals surface area contributed by atoms with E-state index >= 15 is 0 Å². The molecule has 0 saturated carbocycles. The summed E-state index contributed by atoms with van der Waals surface area (Å²) < 4.78 is 2.80. The zero-order valence-corrected chi connectivity index (χ0v) is 15.9. The molecule has 0 amide bonds. The molecule has 0 spiro atoms. The number of halogens is 1. The van der Waals surface area contributed by atoms with Crippen LogP contribution in [0.5, 0.6) is 0 Å². The molecule has 4 rings (SSSR count). The topological polar surface area (TPSA) is 62.9 Å². The summed E-state index contributed by atoms with van der Waals surface area (Å²) in [4.78, 5) is 29.0. The maximum Gasteiger partial charge on any atom is 0.210 e. The first-order valence-electron chi connectivity index (χ1n) is 8.21. The highest BCUT2D eigenvalue weighted by atomic mass is 79.9.